The Kier molecular flexibility index (Phi) is 6.17. The monoisotopic (exact) mass is 358 g/mol. The van der Waals surface area contributed by atoms with Crippen molar-refractivity contribution in [2.75, 3.05) is 33.9 Å². The van der Waals surface area contributed by atoms with Gasteiger partial charge in [0.15, 0.2) is 11.5 Å². The lowest BCUT2D eigenvalue weighted by Gasteiger charge is -2.33. The number of nitrogens with zero attached hydrogens (tertiary/aromatic N) is 1. The number of rotatable bonds is 7. The molecule has 140 valence electrons. The summed E-state index contributed by atoms with van der Waals surface area (Å²) in [7, 11) is 3.13. The highest BCUT2D eigenvalue weighted by atomic mass is 16.5. The molecule has 1 amide bonds. The van der Waals surface area contributed by atoms with Crippen molar-refractivity contribution in [3.05, 3.63) is 47.9 Å². The van der Waals surface area contributed by atoms with E-state index < -0.39 is 0 Å². The van der Waals surface area contributed by atoms with Gasteiger partial charge >= 0.3 is 0 Å². The van der Waals surface area contributed by atoms with Gasteiger partial charge in [-0.2, -0.15) is 0 Å². The number of nitrogens with one attached hydrogen (secondary N) is 1. The molecule has 0 bridgehead atoms. The Labute approximate surface area is 154 Å². The number of ether oxygens (including phenoxy) is 2. The topological polar surface area (TPSA) is 63.9 Å². The molecule has 1 aromatic carbocycles. The molecule has 1 saturated heterocycles. The molecule has 1 unspecified atom stereocenters. The van der Waals surface area contributed by atoms with Crippen molar-refractivity contribution in [2.24, 2.45) is 0 Å². The van der Waals surface area contributed by atoms with E-state index in [4.69, 9.17) is 13.9 Å². The highest BCUT2D eigenvalue weighted by Gasteiger charge is 2.25. The zero-order chi connectivity index (χ0) is 18.4. The van der Waals surface area contributed by atoms with Gasteiger partial charge in [-0.3, -0.25) is 9.69 Å². The molecule has 0 saturated carbocycles. The van der Waals surface area contributed by atoms with Crippen molar-refractivity contribution >= 4 is 5.91 Å². The lowest BCUT2D eigenvalue weighted by Crippen LogP contribution is -2.40. The number of piperidine rings is 1. The average Bonchev–Trinajstić information content (AvgIpc) is 3.22. The second-order valence-electron chi connectivity index (χ2n) is 6.41. The summed E-state index contributed by atoms with van der Waals surface area (Å²) in [4.78, 5) is 15.0. The SMILES string of the molecule is COc1ccc(C(=O)NCC(c2ccco2)N2CCCCC2)cc1OC. The van der Waals surface area contributed by atoms with E-state index in [2.05, 4.69) is 10.2 Å². The normalized spacial score (nSPS) is 16.1. The number of furan rings is 1. The van der Waals surface area contributed by atoms with Crippen LogP contribution in [0.1, 0.15) is 41.4 Å². The first-order valence-corrected chi connectivity index (χ1v) is 9.00. The van der Waals surface area contributed by atoms with E-state index in [9.17, 15) is 4.79 Å². The summed E-state index contributed by atoms with van der Waals surface area (Å²) >= 11 is 0. The minimum atomic E-state index is -0.139. The van der Waals surface area contributed by atoms with Crippen LogP contribution < -0.4 is 14.8 Å². The fourth-order valence-electron chi connectivity index (χ4n) is 3.39. The highest BCUT2D eigenvalue weighted by Crippen LogP contribution is 2.28. The molecule has 1 aromatic heterocycles. The molecule has 26 heavy (non-hydrogen) atoms. The van der Waals surface area contributed by atoms with Gasteiger partial charge in [-0.05, 0) is 56.3 Å². The summed E-state index contributed by atoms with van der Waals surface area (Å²) in [5.74, 6) is 1.89. The molecule has 0 radical (unpaired) electrons. The first kappa shape index (κ1) is 18.3. The quantitative estimate of drug-likeness (QED) is 0.823. The van der Waals surface area contributed by atoms with Crippen molar-refractivity contribution in [2.45, 2.75) is 25.3 Å². The van der Waals surface area contributed by atoms with Crippen LogP contribution >= 0.6 is 0 Å². The van der Waals surface area contributed by atoms with Crippen LogP contribution in [-0.4, -0.2) is 44.7 Å². The Hall–Kier alpha value is -2.47. The molecule has 2 heterocycles. The Balaban J connectivity index is 1.69. The Morgan fingerprint density at radius 3 is 2.58 bits per heavy atom. The van der Waals surface area contributed by atoms with Crippen molar-refractivity contribution in [3.8, 4) is 11.5 Å². The minimum Gasteiger partial charge on any atom is -0.493 e. The predicted octanol–water partition coefficient (Wildman–Crippen LogP) is 3.25. The van der Waals surface area contributed by atoms with Gasteiger partial charge in [-0.25, -0.2) is 0 Å². The Bertz CT molecular complexity index is 709. The first-order chi connectivity index (χ1) is 12.7. The summed E-state index contributed by atoms with van der Waals surface area (Å²) in [5, 5.41) is 3.04. The van der Waals surface area contributed by atoms with E-state index in [-0.39, 0.29) is 11.9 Å². The van der Waals surface area contributed by atoms with Gasteiger partial charge < -0.3 is 19.2 Å². The number of benzene rings is 1. The smallest absolute Gasteiger partial charge is 0.251 e. The third-order valence-electron chi connectivity index (χ3n) is 4.80. The zero-order valence-electron chi connectivity index (χ0n) is 15.4. The van der Waals surface area contributed by atoms with Crippen LogP contribution in [0.4, 0.5) is 0 Å². The summed E-state index contributed by atoms with van der Waals surface area (Å²) in [6, 6.07) is 9.08. The van der Waals surface area contributed by atoms with Gasteiger partial charge in [-0.1, -0.05) is 6.42 Å². The molecule has 1 atom stereocenters. The van der Waals surface area contributed by atoms with E-state index in [0.29, 0.717) is 23.6 Å². The summed E-state index contributed by atoms with van der Waals surface area (Å²) in [5.41, 5.74) is 0.541. The van der Waals surface area contributed by atoms with E-state index >= 15 is 0 Å². The van der Waals surface area contributed by atoms with Gasteiger partial charge in [-0.15, -0.1) is 0 Å². The van der Waals surface area contributed by atoms with E-state index in [0.717, 1.165) is 18.8 Å². The van der Waals surface area contributed by atoms with Crippen molar-refractivity contribution in [1.82, 2.24) is 10.2 Å². The fraction of sp³-hybridized carbons (Fsp3) is 0.450. The third-order valence-corrected chi connectivity index (χ3v) is 4.80. The van der Waals surface area contributed by atoms with E-state index in [1.165, 1.54) is 19.3 Å². The van der Waals surface area contributed by atoms with Gasteiger partial charge in [0.05, 0.1) is 26.5 Å². The molecule has 6 heteroatoms. The van der Waals surface area contributed by atoms with Crippen LogP contribution in [-0.2, 0) is 0 Å². The molecule has 1 fully saturated rings. The molecule has 6 nitrogen and oxygen atoms in total. The predicted molar refractivity (Wildman–Crippen MR) is 98.8 cm³/mol. The lowest BCUT2D eigenvalue weighted by atomic mass is 10.1. The summed E-state index contributed by atoms with van der Waals surface area (Å²) in [6.45, 7) is 2.55. The number of hydrogen-bond acceptors (Lipinski definition) is 5. The van der Waals surface area contributed by atoms with E-state index in [1.807, 2.05) is 12.1 Å². The summed E-state index contributed by atoms with van der Waals surface area (Å²) < 4.78 is 16.1. The van der Waals surface area contributed by atoms with Gasteiger partial charge in [0, 0.05) is 12.1 Å². The molecule has 1 aliphatic heterocycles. The second kappa shape index (κ2) is 8.76. The fourth-order valence-corrected chi connectivity index (χ4v) is 3.39. The standard InChI is InChI=1S/C20H26N2O4/c1-24-18-9-8-15(13-19(18)25-2)20(23)21-14-16(17-7-6-12-26-17)22-10-4-3-5-11-22/h6-9,12-13,16H,3-5,10-11,14H2,1-2H3,(H,21,23). The molecular formula is C20H26N2O4. The van der Waals surface area contributed by atoms with Gasteiger partial charge in [0.25, 0.3) is 5.91 Å². The van der Waals surface area contributed by atoms with Crippen LogP contribution in [0.3, 0.4) is 0 Å². The van der Waals surface area contributed by atoms with E-state index in [1.54, 1.807) is 38.7 Å². The molecule has 0 aliphatic carbocycles. The van der Waals surface area contributed by atoms with Crippen LogP contribution in [0.25, 0.3) is 0 Å². The lowest BCUT2D eigenvalue weighted by molar-refractivity contribution is 0.0913. The van der Waals surface area contributed by atoms with Crippen LogP contribution in [0, 0.1) is 0 Å². The van der Waals surface area contributed by atoms with Crippen LogP contribution in [0.2, 0.25) is 0 Å². The molecule has 2 aromatic rings. The van der Waals surface area contributed by atoms with Gasteiger partial charge in [0.2, 0.25) is 0 Å². The maximum atomic E-state index is 12.6. The Morgan fingerprint density at radius 2 is 1.92 bits per heavy atom. The van der Waals surface area contributed by atoms with Gasteiger partial charge in [0.1, 0.15) is 5.76 Å². The molecule has 3 rings (SSSR count). The number of methoxy groups -OCH3 is 2. The maximum absolute atomic E-state index is 12.6. The molecule has 1 N–H and O–H groups in total. The number of carbonyl (C=O) groups is 1. The third kappa shape index (κ3) is 4.19. The minimum absolute atomic E-state index is 0.0504. The molecule has 0 spiro atoms. The van der Waals surface area contributed by atoms with Crippen molar-refractivity contribution in [3.63, 3.8) is 0 Å². The number of hydrogen-bond donors (Lipinski definition) is 1. The maximum Gasteiger partial charge on any atom is 0.251 e. The number of carbonyl (C=O) groups excluding carboxylic acids is 1. The highest BCUT2D eigenvalue weighted by molar-refractivity contribution is 5.94. The number of amides is 1. The average molecular weight is 358 g/mol. The Morgan fingerprint density at radius 1 is 1.15 bits per heavy atom. The van der Waals surface area contributed by atoms with Crippen molar-refractivity contribution in [1.29, 1.82) is 0 Å². The second-order valence-corrected chi connectivity index (χ2v) is 6.41. The molecular weight excluding hydrogens is 332 g/mol. The van der Waals surface area contributed by atoms with Crippen LogP contribution in [0.5, 0.6) is 11.5 Å². The zero-order valence-corrected chi connectivity index (χ0v) is 15.4. The molecule has 1 aliphatic rings. The first-order valence-electron chi connectivity index (χ1n) is 9.00. The van der Waals surface area contributed by atoms with Crippen molar-refractivity contribution < 1.29 is 18.7 Å². The largest absolute Gasteiger partial charge is 0.493 e. The number of likely N-dealkylation sites (tertiary alicyclic amines) is 1. The van der Waals surface area contributed by atoms with Crippen LogP contribution in [0.15, 0.2) is 41.0 Å². The summed E-state index contributed by atoms with van der Waals surface area (Å²) in [6.07, 6.45) is 5.31.